The Hall–Kier alpha value is -2.97. The number of Topliss-reactive ketones (excluding diaryl/α,β-unsaturated/α-hetero) is 1. The molecule has 1 unspecified atom stereocenters. The van der Waals surface area contributed by atoms with Crippen LogP contribution < -0.4 is 0 Å². The molecule has 2 aromatic heterocycles. The van der Waals surface area contributed by atoms with Gasteiger partial charge in [0.1, 0.15) is 0 Å². The fraction of sp³-hybridized carbons (Fsp3) is 0.348. The van der Waals surface area contributed by atoms with Gasteiger partial charge in [-0.15, -0.1) is 11.3 Å². The van der Waals surface area contributed by atoms with E-state index in [0.717, 1.165) is 21.5 Å². The van der Waals surface area contributed by atoms with Gasteiger partial charge < -0.3 is 19.5 Å². The predicted molar refractivity (Wildman–Crippen MR) is 122 cm³/mol. The molecular formula is C23H26N4O3S. The minimum absolute atomic E-state index is 0.131. The van der Waals surface area contributed by atoms with E-state index in [2.05, 4.69) is 4.98 Å². The molecule has 0 aliphatic carbocycles. The number of aliphatic hydroxyl groups excluding tert-OH is 1. The molecule has 1 atom stereocenters. The highest BCUT2D eigenvalue weighted by Gasteiger charge is 2.45. The number of para-hydroxylation sites is 1. The molecule has 31 heavy (non-hydrogen) atoms. The van der Waals surface area contributed by atoms with Crippen molar-refractivity contribution in [3.05, 3.63) is 62.9 Å². The summed E-state index contributed by atoms with van der Waals surface area (Å²) < 4.78 is 1.98. The lowest BCUT2D eigenvalue weighted by molar-refractivity contribution is -0.129. The highest BCUT2D eigenvalue weighted by molar-refractivity contribution is 7.14. The Balaban J connectivity index is 1.89. The van der Waals surface area contributed by atoms with Crippen molar-refractivity contribution in [2.24, 2.45) is 7.05 Å². The van der Waals surface area contributed by atoms with E-state index in [4.69, 9.17) is 0 Å². The van der Waals surface area contributed by atoms with Gasteiger partial charge in [0.25, 0.3) is 5.91 Å². The largest absolute Gasteiger partial charge is 0.503 e. The van der Waals surface area contributed by atoms with Crippen molar-refractivity contribution in [2.45, 2.75) is 19.9 Å². The molecule has 7 nitrogen and oxygen atoms in total. The maximum absolute atomic E-state index is 13.6. The van der Waals surface area contributed by atoms with E-state index in [1.807, 2.05) is 68.0 Å². The first-order valence-corrected chi connectivity index (χ1v) is 10.9. The van der Waals surface area contributed by atoms with Crippen LogP contribution in [0.4, 0.5) is 0 Å². The first-order chi connectivity index (χ1) is 14.7. The van der Waals surface area contributed by atoms with Crippen molar-refractivity contribution in [3.63, 3.8) is 0 Å². The van der Waals surface area contributed by atoms with Crippen molar-refractivity contribution in [2.75, 3.05) is 27.2 Å². The number of carbonyl (C=O) groups is 2. The molecule has 1 aliphatic rings. The number of amides is 1. The van der Waals surface area contributed by atoms with Gasteiger partial charge in [-0.3, -0.25) is 9.59 Å². The Bertz CT molecular complexity index is 1220. The summed E-state index contributed by atoms with van der Waals surface area (Å²) in [4.78, 5) is 35.1. The van der Waals surface area contributed by atoms with E-state index in [9.17, 15) is 14.7 Å². The number of likely N-dealkylation sites (N-methyl/N-ethyl adjacent to an activating group) is 1. The minimum atomic E-state index is -0.659. The average molecular weight is 439 g/mol. The van der Waals surface area contributed by atoms with Crippen LogP contribution in [0.1, 0.15) is 32.0 Å². The third kappa shape index (κ3) is 3.55. The number of aliphatic hydroxyl groups is 1. The highest BCUT2D eigenvalue weighted by Crippen LogP contribution is 2.42. The summed E-state index contributed by atoms with van der Waals surface area (Å²) in [5.41, 5.74) is 2.58. The molecule has 162 valence electrons. The molecule has 3 aromatic rings. The standard InChI is InChI=1S/C23H26N4O3S/c1-13-22(31-14(2)24-13)20(28)18-19(27(11-10-25(3)4)23(30)21(18)29)16-12-26(5)17-9-7-6-8-15(16)17/h6-9,12,19,29H,10-11H2,1-5H3. The topological polar surface area (TPSA) is 78.7 Å². The molecular weight excluding hydrogens is 412 g/mol. The molecule has 1 aromatic carbocycles. The quantitative estimate of drug-likeness (QED) is 0.597. The normalized spacial score (nSPS) is 16.9. The summed E-state index contributed by atoms with van der Waals surface area (Å²) >= 11 is 1.29. The Morgan fingerprint density at radius 3 is 2.61 bits per heavy atom. The third-order valence-corrected chi connectivity index (χ3v) is 6.74. The van der Waals surface area contributed by atoms with Crippen LogP contribution in [-0.4, -0.2) is 63.3 Å². The zero-order valence-electron chi connectivity index (χ0n) is 18.3. The second-order valence-electron chi connectivity index (χ2n) is 8.16. The zero-order chi connectivity index (χ0) is 22.4. The minimum Gasteiger partial charge on any atom is -0.503 e. The Morgan fingerprint density at radius 1 is 1.26 bits per heavy atom. The van der Waals surface area contributed by atoms with Gasteiger partial charge in [-0.05, 0) is 34.0 Å². The Labute approximate surface area is 185 Å². The smallest absolute Gasteiger partial charge is 0.290 e. The fourth-order valence-corrected chi connectivity index (χ4v) is 5.08. The Kier molecular flexibility index (Phi) is 5.45. The van der Waals surface area contributed by atoms with E-state index in [-0.39, 0.29) is 11.4 Å². The Morgan fingerprint density at radius 2 is 1.97 bits per heavy atom. The predicted octanol–water partition coefficient (Wildman–Crippen LogP) is 3.39. The molecule has 1 aliphatic heterocycles. The lowest BCUT2D eigenvalue weighted by atomic mass is 9.94. The van der Waals surface area contributed by atoms with Crippen molar-refractivity contribution in [3.8, 4) is 0 Å². The number of thiazole rings is 1. The maximum Gasteiger partial charge on any atom is 0.290 e. The van der Waals surface area contributed by atoms with E-state index in [0.29, 0.717) is 23.7 Å². The van der Waals surface area contributed by atoms with Crippen LogP contribution in [0, 0.1) is 13.8 Å². The van der Waals surface area contributed by atoms with Crippen LogP contribution >= 0.6 is 11.3 Å². The average Bonchev–Trinajstić information content (AvgIpc) is 3.32. The summed E-state index contributed by atoms with van der Waals surface area (Å²) in [6.45, 7) is 4.62. The first-order valence-electron chi connectivity index (χ1n) is 10.1. The molecule has 0 fully saturated rings. The van der Waals surface area contributed by atoms with Crippen molar-refractivity contribution < 1.29 is 14.7 Å². The second kappa shape index (κ2) is 7.94. The van der Waals surface area contributed by atoms with E-state index < -0.39 is 17.7 Å². The molecule has 0 bridgehead atoms. The van der Waals surface area contributed by atoms with Gasteiger partial charge in [-0.25, -0.2) is 4.98 Å². The molecule has 0 radical (unpaired) electrons. The second-order valence-corrected chi connectivity index (χ2v) is 9.36. The van der Waals surface area contributed by atoms with Crippen LogP contribution in [0.3, 0.4) is 0 Å². The van der Waals surface area contributed by atoms with Gasteiger partial charge in [0, 0.05) is 42.8 Å². The van der Waals surface area contributed by atoms with Crippen LogP contribution in [-0.2, 0) is 11.8 Å². The number of rotatable bonds is 6. The van der Waals surface area contributed by atoms with E-state index in [1.165, 1.54) is 11.3 Å². The number of hydrogen-bond acceptors (Lipinski definition) is 6. The molecule has 8 heteroatoms. The van der Waals surface area contributed by atoms with Gasteiger partial charge in [0.15, 0.2) is 5.76 Å². The van der Waals surface area contributed by atoms with Gasteiger partial charge in [-0.1, -0.05) is 18.2 Å². The number of ketones is 1. The number of hydrogen-bond donors (Lipinski definition) is 1. The monoisotopic (exact) mass is 438 g/mol. The third-order valence-electron chi connectivity index (χ3n) is 5.67. The summed E-state index contributed by atoms with van der Waals surface area (Å²) in [5.74, 6) is -1.31. The summed E-state index contributed by atoms with van der Waals surface area (Å²) in [6, 6.07) is 7.22. The maximum atomic E-state index is 13.6. The molecule has 4 rings (SSSR count). The summed E-state index contributed by atoms with van der Waals surface area (Å²) in [7, 11) is 5.79. The lowest BCUT2D eigenvalue weighted by Gasteiger charge is -2.27. The SMILES string of the molecule is Cc1nc(C)c(C(=O)C2=C(O)C(=O)N(CCN(C)C)C2c2cn(C)c3ccccc23)s1. The number of benzene rings is 1. The van der Waals surface area contributed by atoms with Gasteiger partial charge in [-0.2, -0.15) is 0 Å². The molecule has 3 heterocycles. The summed E-state index contributed by atoms with van der Waals surface area (Å²) in [5, 5.41) is 12.6. The van der Waals surface area contributed by atoms with Crippen molar-refractivity contribution >= 4 is 33.9 Å². The molecule has 1 N–H and O–H groups in total. The molecule has 0 saturated heterocycles. The van der Waals surface area contributed by atoms with Crippen LogP contribution in [0.2, 0.25) is 0 Å². The van der Waals surface area contributed by atoms with E-state index >= 15 is 0 Å². The molecule has 0 saturated carbocycles. The number of fused-ring (bicyclic) bond motifs is 1. The van der Waals surface area contributed by atoms with E-state index in [1.54, 1.807) is 11.8 Å². The number of aryl methyl sites for hydroxylation is 3. The number of nitrogens with zero attached hydrogens (tertiary/aromatic N) is 4. The number of aromatic nitrogens is 2. The van der Waals surface area contributed by atoms with Crippen LogP contribution in [0.5, 0.6) is 0 Å². The molecule has 0 spiro atoms. The van der Waals surface area contributed by atoms with Gasteiger partial charge in [0.2, 0.25) is 5.78 Å². The van der Waals surface area contributed by atoms with Gasteiger partial charge in [0.05, 0.1) is 27.2 Å². The van der Waals surface area contributed by atoms with Crippen LogP contribution in [0.15, 0.2) is 41.8 Å². The highest BCUT2D eigenvalue weighted by atomic mass is 32.1. The lowest BCUT2D eigenvalue weighted by Crippen LogP contribution is -2.36. The number of carbonyl (C=O) groups excluding carboxylic acids is 2. The van der Waals surface area contributed by atoms with Crippen LogP contribution in [0.25, 0.3) is 10.9 Å². The summed E-state index contributed by atoms with van der Waals surface area (Å²) in [6.07, 6.45) is 1.95. The van der Waals surface area contributed by atoms with Crippen molar-refractivity contribution in [1.82, 2.24) is 19.4 Å². The fourth-order valence-electron chi connectivity index (χ4n) is 4.20. The van der Waals surface area contributed by atoms with Crippen molar-refractivity contribution in [1.29, 1.82) is 0 Å². The van der Waals surface area contributed by atoms with Gasteiger partial charge >= 0.3 is 0 Å². The molecule has 1 amide bonds. The first kappa shape index (κ1) is 21.3. The zero-order valence-corrected chi connectivity index (χ0v) is 19.2.